The van der Waals surface area contributed by atoms with Crippen molar-refractivity contribution in [3.8, 4) is 5.75 Å². The van der Waals surface area contributed by atoms with Crippen molar-refractivity contribution in [3.63, 3.8) is 0 Å². The molecule has 1 heterocycles. The monoisotopic (exact) mass is 185 g/mol. The van der Waals surface area contributed by atoms with Crippen LogP contribution in [0.1, 0.15) is 24.3 Å². The first kappa shape index (κ1) is 9.57. The largest absolute Gasteiger partial charge is 0.488 e. The normalized spacial score (nSPS) is 9.69. The molecule has 0 unspecified atom stereocenters. The van der Waals surface area contributed by atoms with Crippen LogP contribution in [0.4, 0.5) is 0 Å². The van der Waals surface area contributed by atoms with E-state index in [1.807, 2.05) is 6.92 Å². The van der Waals surface area contributed by atoms with E-state index in [9.17, 15) is 4.79 Å². The van der Waals surface area contributed by atoms with E-state index in [4.69, 9.17) is 9.47 Å². The third kappa shape index (κ3) is 2.21. The highest BCUT2D eigenvalue weighted by Crippen LogP contribution is 2.17. The van der Waals surface area contributed by atoms with Crippen molar-refractivity contribution in [3.05, 3.63) is 12.0 Å². The van der Waals surface area contributed by atoms with Crippen molar-refractivity contribution in [2.45, 2.75) is 13.8 Å². The molecular weight excluding hydrogens is 174 g/mol. The maximum absolute atomic E-state index is 11.2. The molecule has 13 heavy (non-hydrogen) atoms. The Morgan fingerprint density at radius 1 is 1.54 bits per heavy atom. The van der Waals surface area contributed by atoms with Gasteiger partial charge < -0.3 is 14.0 Å². The van der Waals surface area contributed by atoms with Gasteiger partial charge in [0.2, 0.25) is 5.69 Å². The molecule has 0 radical (unpaired) electrons. The van der Waals surface area contributed by atoms with Gasteiger partial charge in [0.1, 0.15) is 0 Å². The van der Waals surface area contributed by atoms with E-state index in [1.165, 1.54) is 6.26 Å². The number of nitrogens with zero attached hydrogens (tertiary/aromatic N) is 1. The zero-order valence-corrected chi connectivity index (χ0v) is 7.57. The summed E-state index contributed by atoms with van der Waals surface area (Å²) in [6.07, 6.45) is 1.27. The van der Waals surface area contributed by atoms with Crippen LogP contribution < -0.4 is 4.74 Å². The predicted octanol–water partition coefficient (Wildman–Crippen LogP) is 1.25. The van der Waals surface area contributed by atoms with Gasteiger partial charge in [-0.15, -0.1) is 0 Å². The van der Waals surface area contributed by atoms with Gasteiger partial charge in [0, 0.05) is 0 Å². The molecule has 0 N–H and O–H groups in total. The van der Waals surface area contributed by atoms with E-state index in [0.717, 1.165) is 0 Å². The molecule has 0 aliphatic carbocycles. The summed E-state index contributed by atoms with van der Waals surface area (Å²) in [5, 5.41) is 3.48. The Morgan fingerprint density at radius 2 is 2.31 bits per heavy atom. The summed E-state index contributed by atoms with van der Waals surface area (Å²) < 4.78 is 14.4. The van der Waals surface area contributed by atoms with Gasteiger partial charge in [-0.3, -0.25) is 0 Å². The third-order valence-corrected chi connectivity index (χ3v) is 1.31. The lowest BCUT2D eigenvalue weighted by Crippen LogP contribution is -2.07. The standard InChI is InChI=1S/C8H11NO4/c1-3-11-6-5-13-9-7(6)8(10)12-4-2/h5H,3-4H2,1-2H3. The van der Waals surface area contributed by atoms with E-state index < -0.39 is 5.97 Å². The predicted molar refractivity (Wildman–Crippen MR) is 43.6 cm³/mol. The Bertz CT molecular complexity index is 281. The second-order valence-corrected chi connectivity index (χ2v) is 2.18. The van der Waals surface area contributed by atoms with Gasteiger partial charge in [-0.1, -0.05) is 5.16 Å². The summed E-state index contributed by atoms with van der Waals surface area (Å²) in [4.78, 5) is 11.2. The summed E-state index contributed by atoms with van der Waals surface area (Å²) in [6.45, 7) is 4.28. The molecule has 0 aliphatic heterocycles. The molecule has 1 aromatic rings. The number of hydrogen-bond donors (Lipinski definition) is 0. The second kappa shape index (κ2) is 4.49. The van der Waals surface area contributed by atoms with Crippen LogP contribution in [0.2, 0.25) is 0 Å². The Hall–Kier alpha value is -1.52. The highest BCUT2D eigenvalue weighted by Gasteiger charge is 2.18. The van der Waals surface area contributed by atoms with E-state index in [0.29, 0.717) is 19.0 Å². The second-order valence-electron chi connectivity index (χ2n) is 2.18. The van der Waals surface area contributed by atoms with Gasteiger partial charge in [0.05, 0.1) is 13.2 Å². The van der Waals surface area contributed by atoms with E-state index in [1.54, 1.807) is 6.92 Å². The lowest BCUT2D eigenvalue weighted by Gasteiger charge is -2.00. The number of carbonyl (C=O) groups excluding carboxylic acids is 1. The maximum Gasteiger partial charge on any atom is 0.364 e. The molecule has 0 bridgehead atoms. The van der Waals surface area contributed by atoms with Gasteiger partial charge in [-0.2, -0.15) is 0 Å². The number of carbonyl (C=O) groups is 1. The summed E-state index contributed by atoms with van der Waals surface area (Å²) in [5.74, 6) is -0.208. The van der Waals surface area contributed by atoms with Gasteiger partial charge >= 0.3 is 5.97 Å². The molecule has 0 fully saturated rings. The SMILES string of the molecule is CCOC(=O)c1nocc1OCC. The number of rotatable bonds is 4. The van der Waals surface area contributed by atoms with Gasteiger partial charge in [0.25, 0.3) is 0 Å². The first-order valence-electron chi connectivity index (χ1n) is 4.03. The highest BCUT2D eigenvalue weighted by molar-refractivity contribution is 5.89. The molecule has 1 rings (SSSR count). The summed E-state index contributed by atoms with van der Waals surface area (Å²) in [5.41, 5.74) is 0.0868. The van der Waals surface area contributed by atoms with Gasteiger partial charge in [0.15, 0.2) is 12.0 Å². The molecule has 5 heteroatoms. The Kier molecular flexibility index (Phi) is 3.31. The molecular formula is C8H11NO4. The molecule has 0 aliphatic rings. The number of esters is 1. The zero-order valence-electron chi connectivity index (χ0n) is 7.57. The van der Waals surface area contributed by atoms with Crippen molar-refractivity contribution in [2.24, 2.45) is 0 Å². The van der Waals surface area contributed by atoms with Crippen LogP contribution in [-0.2, 0) is 4.74 Å². The minimum atomic E-state index is -0.528. The van der Waals surface area contributed by atoms with Gasteiger partial charge in [-0.05, 0) is 13.8 Å². The molecule has 0 atom stereocenters. The van der Waals surface area contributed by atoms with Crippen LogP contribution in [0, 0.1) is 0 Å². The third-order valence-electron chi connectivity index (χ3n) is 1.31. The fourth-order valence-electron chi connectivity index (χ4n) is 0.823. The quantitative estimate of drug-likeness (QED) is 0.660. The van der Waals surface area contributed by atoms with E-state index in [-0.39, 0.29) is 5.69 Å². The lowest BCUT2D eigenvalue weighted by molar-refractivity contribution is 0.0511. The number of hydrogen-bond acceptors (Lipinski definition) is 5. The van der Waals surface area contributed by atoms with Crippen molar-refractivity contribution in [2.75, 3.05) is 13.2 Å². The van der Waals surface area contributed by atoms with Crippen LogP contribution >= 0.6 is 0 Å². The summed E-state index contributed by atoms with van der Waals surface area (Å²) in [7, 11) is 0. The molecule has 0 saturated carbocycles. The smallest absolute Gasteiger partial charge is 0.364 e. The molecule has 0 aromatic carbocycles. The zero-order chi connectivity index (χ0) is 9.68. The molecule has 5 nitrogen and oxygen atoms in total. The molecule has 0 amide bonds. The van der Waals surface area contributed by atoms with Crippen molar-refractivity contribution >= 4 is 5.97 Å². The minimum absolute atomic E-state index is 0.0868. The first-order valence-corrected chi connectivity index (χ1v) is 4.03. The van der Waals surface area contributed by atoms with Crippen LogP contribution in [0.5, 0.6) is 5.75 Å². The lowest BCUT2D eigenvalue weighted by atomic mass is 10.4. The van der Waals surface area contributed by atoms with Crippen LogP contribution in [0.15, 0.2) is 10.8 Å². The highest BCUT2D eigenvalue weighted by atomic mass is 16.5. The Morgan fingerprint density at radius 3 is 2.92 bits per heavy atom. The first-order chi connectivity index (χ1) is 6.29. The van der Waals surface area contributed by atoms with Crippen LogP contribution in [0.3, 0.4) is 0 Å². The van der Waals surface area contributed by atoms with Crippen molar-refractivity contribution in [1.29, 1.82) is 0 Å². The van der Waals surface area contributed by atoms with E-state index >= 15 is 0 Å². The topological polar surface area (TPSA) is 61.6 Å². The van der Waals surface area contributed by atoms with Gasteiger partial charge in [-0.25, -0.2) is 4.79 Å². The van der Waals surface area contributed by atoms with E-state index in [2.05, 4.69) is 9.68 Å². The number of aromatic nitrogens is 1. The summed E-state index contributed by atoms with van der Waals surface area (Å²) >= 11 is 0. The average molecular weight is 185 g/mol. The van der Waals surface area contributed by atoms with Crippen molar-refractivity contribution < 1.29 is 18.8 Å². The fourth-order valence-corrected chi connectivity index (χ4v) is 0.823. The van der Waals surface area contributed by atoms with Crippen LogP contribution in [0.25, 0.3) is 0 Å². The van der Waals surface area contributed by atoms with Crippen LogP contribution in [-0.4, -0.2) is 24.3 Å². The molecule has 0 saturated heterocycles. The Labute approximate surface area is 75.6 Å². The minimum Gasteiger partial charge on any atom is -0.488 e. The Balaban J connectivity index is 2.74. The average Bonchev–Trinajstić information content (AvgIpc) is 2.54. The number of ether oxygens (including phenoxy) is 2. The van der Waals surface area contributed by atoms with Crippen molar-refractivity contribution in [1.82, 2.24) is 5.16 Å². The molecule has 1 aromatic heterocycles. The molecule has 72 valence electrons. The maximum atomic E-state index is 11.2. The molecule has 0 spiro atoms. The fraction of sp³-hybridized carbons (Fsp3) is 0.500. The summed E-state index contributed by atoms with van der Waals surface area (Å²) in [6, 6.07) is 0.